The molecular weight excluding hydrogens is 186 g/mol. The number of hydrogen-bond donors (Lipinski definition) is 2. The Morgan fingerprint density at radius 3 is 2.73 bits per heavy atom. The summed E-state index contributed by atoms with van der Waals surface area (Å²) in [6.45, 7) is 9.67. The second kappa shape index (κ2) is 3.63. The lowest BCUT2D eigenvalue weighted by atomic mass is 10.1. The van der Waals surface area contributed by atoms with Crippen LogP contribution in [0.15, 0.2) is 6.20 Å². The van der Waals surface area contributed by atoms with Gasteiger partial charge in [0.25, 0.3) is 0 Å². The summed E-state index contributed by atoms with van der Waals surface area (Å²) in [4.78, 5) is 7.84. The van der Waals surface area contributed by atoms with Crippen LogP contribution < -0.4 is 5.32 Å². The molecule has 0 spiro atoms. The first-order valence-electron chi connectivity index (χ1n) is 5.74. The predicted octanol–water partition coefficient (Wildman–Crippen LogP) is 2.42. The van der Waals surface area contributed by atoms with Crippen molar-refractivity contribution in [2.45, 2.75) is 52.1 Å². The molecular formula is C12H21N3. The molecule has 1 aromatic heterocycles. The van der Waals surface area contributed by atoms with E-state index in [1.54, 1.807) is 0 Å². The van der Waals surface area contributed by atoms with Crippen LogP contribution in [0.5, 0.6) is 0 Å². The largest absolute Gasteiger partial charge is 0.345 e. The van der Waals surface area contributed by atoms with Crippen LogP contribution in [0.2, 0.25) is 0 Å². The van der Waals surface area contributed by atoms with E-state index in [1.165, 1.54) is 17.9 Å². The summed E-state index contributed by atoms with van der Waals surface area (Å²) in [5, 5.41) is 3.45. The van der Waals surface area contributed by atoms with Gasteiger partial charge < -0.3 is 10.3 Å². The van der Waals surface area contributed by atoms with E-state index in [0.29, 0.717) is 5.92 Å². The smallest absolute Gasteiger partial charge is 0.109 e. The molecule has 1 aliphatic rings. The molecule has 0 bridgehead atoms. The number of aromatic nitrogens is 2. The van der Waals surface area contributed by atoms with Gasteiger partial charge in [-0.05, 0) is 33.1 Å². The van der Waals surface area contributed by atoms with Gasteiger partial charge >= 0.3 is 0 Å². The molecule has 0 amide bonds. The summed E-state index contributed by atoms with van der Waals surface area (Å²) in [6.07, 6.45) is 3.25. The predicted molar refractivity (Wildman–Crippen MR) is 61.7 cm³/mol. The molecule has 0 saturated heterocycles. The zero-order valence-electron chi connectivity index (χ0n) is 10.1. The summed E-state index contributed by atoms with van der Waals surface area (Å²) < 4.78 is 0. The van der Waals surface area contributed by atoms with E-state index >= 15 is 0 Å². The molecule has 15 heavy (non-hydrogen) atoms. The van der Waals surface area contributed by atoms with E-state index in [2.05, 4.69) is 43.0 Å². The zero-order chi connectivity index (χ0) is 11.1. The number of nitrogens with zero attached hydrogens (tertiary/aromatic N) is 1. The average molecular weight is 207 g/mol. The number of rotatable bonds is 3. The Hall–Kier alpha value is -0.830. The van der Waals surface area contributed by atoms with Crippen LogP contribution in [0.3, 0.4) is 0 Å². The van der Waals surface area contributed by atoms with Gasteiger partial charge in [0.15, 0.2) is 0 Å². The molecule has 3 heteroatoms. The minimum absolute atomic E-state index is 0.165. The van der Waals surface area contributed by atoms with Crippen LogP contribution in [0.4, 0.5) is 0 Å². The Morgan fingerprint density at radius 1 is 1.53 bits per heavy atom. The van der Waals surface area contributed by atoms with E-state index in [-0.39, 0.29) is 5.54 Å². The number of H-pyrrole nitrogens is 1. The zero-order valence-corrected chi connectivity index (χ0v) is 10.1. The van der Waals surface area contributed by atoms with Crippen molar-refractivity contribution in [1.29, 1.82) is 0 Å². The highest BCUT2D eigenvalue weighted by Crippen LogP contribution is 2.45. The van der Waals surface area contributed by atoms with Crippen molar-refractivity contribution in [3.63, 3.8) is 0 Å². The minimum Gasteiger partial charge on any atom is -0.345 e. The Kier molecular flexibility index (Phi) is 2.59. The Morgan fingerprint density at radius 2 is 2.20 bits per heavy atom. The van der Waals surface area contributed by atoms with Gasteiger partial charge in [-0.3, -0.25) is 0 Å². The number of imidazole rings is 1. The third-order valence-electron chi connectivity index (χ3n) is 2.92. The molecule has 2 atom stereocenters. The maximum Gasteiger partial charge on any atom is 0.109 e. The topological polar surface area (TPSA) is 40.7 Å². The highest BCUT2D eigenvalue weighted by atomic mass is 15.0. The van der Waals surface area contributed by atoms with Gasteiger partial charge in [-0.15, -0.1) is 0 Å². The normalized spacial score (nSPS) is 25.6. The second-order valence-electron chi connectivity index (χ2n) is 5.72. The fourth-order valence-electron chi connectivity index (χ4n) is 1.72. The van der Waals surface area contributed by atoms with E-state index in [1.807, 2.05) is 6.20 Å². The molecule has 2 rings (SSSR count). The summed E-state index contributed by atoms with van der Waals surface area (Å²) in [7, 11) is 0. The summed E-state index contributed by atoms with van der Waals surface area (Å²) in [5.74, 6) is 2.68. The molecule has 2 N–H and O–H groups in total. The molecule has 3 nitrogen and oxygen atoms in total. The van der Waals surface area contributed by atoms with Crippen molar-refractivity contribution in [2.75, 3.05) is 0 Å². The van der Waals surface area contributed by atoms with Gasteiger partial charge in [-0.2, -0.15) is 0 Å². The molecule has 1 fully saturated rings. The first-order chi connectivity index (χ1) is 6.96. The van der Waals surface area contributed by atoms with Crippen molar-refractivity contribution in [3.8, 4) is 0 Å². The molecule has 84 valence electrons. The van der Waals surface area contributed by atoms with Gasteiger partial charge in [-0.1, -0.05) is 6.92 Å². The minimum atomic E-state index is 0.165. The van der Waals surface area contributed by atoms with E-state index in [9.17, 15) is 0 Å². The summed E-state index contributed by atoms with van der Waals surface area (Å²) in [6, 6.07) is 0. The summed E-state index contributed by atoms with van der Waals surface area (Å²) in [5.41, 5.74) is 1.36. The van der Waals surface area contributed by atoms with E-state index < -0.39 is 0 Å². The van der Waals surface area contributed by atoms with Crippen molar-refractivity contribution < 1.29 is 0 Å². The standard InChI is InChI=1S/C12H21N3/c1-8-5-10(8)11-13-6-9(15-11)7-14-12(2,3)4/h6,8,10,14H,5,7H2,1-4H3,(H,13,15). The first-order valence-corrected chi connectivity index (χ1v) is 5.74. The van der Waals surface area contributed by atoms with Crippen LogP contribution in [-0.4, -0.2) is 15.5 Å². The Balaban J connectivity index is 1.90. The maximum absolute atomic E-state index is 4.43. The van der Waals surface area contributed by atoms with Crippen LogP contribution >= 0.6 is 0 Å². The van der Waals surface area contributed by atoms with Crippen molar-refractivity contribution >= 4 is 0 Å². The molecule has 0 aliphatic heterocycles. The highest BCUT2D eigenvalue weighted by molar-refractivity contribution is 5.12. The fraction of sp³-hybridized carbons (Fsp3) is 0.750. The summed E-state index contributed by atoms with van der Waals surface area (Å²) >= 11 is 0. The first kappa shape index (κ1) is 10.7. The number of hydrogen-bond acceptors (Lipinski definition) is 2. The average Bonchev–Trinajstić information content (AvgIpc) is 2.68. The number of aromatic amines is 1. The molecule has 1 aromatic rings. The van der Waals surface area contributed by atoms with Gasteiger partial charge in [0.2, 0.25) is 0 Å². The molecule has 0 aromatic carbocycles. The second-order valence-corrected chi connectivity index (χ2v) is 5.72. The van der Waals surface area contributed by atoms with E-state index in [4.69, 9.17) is 0 Å². The van der Waals surface area contributed by atoms with Gasteiger partial charge in [0.1, 0.15) is 5.82 Å². The lowest BCUT2D eigenvalue weighted by Crippen LogP contribution is -2.35. The van der Waals surface area contributed by atoms with Gasteiger partial charge in [0, 0.05) is 29.9 Å². The molecule has 1 heterocycles. The molecule has 1 saturated carbocycles. The van der Waals surface area contributed by atoms with E-state index in [0.717, 1.165) is 12.5 Å². The van der Waals surface area contributed by atoms with Gasteiger partial charge in [0.05, 0.1) is 0 Å². The quantitative estimate of drug-likeness (QED) is 0.799. The van der Waals surface area contributed by atoms with Crippen LogP contribution in [-0.2, 0) is 6.54 Å². The highest BCUT2D eigenvalue weighted by Gasteiger charge is 2.36. The van der Waals surface area contributed by atoms with Crippen LogP contribution in [0.1, 0.15) is 51.6 Å². The van der Waals surface area contributed by atoms with Crippen LogP contribution in [0, 0.1) is 5.92 Å². The lowest BCUT2D eigenvalue weighted by molar-refractivity contribution is 0.421. The van der Waals surface area contributed by atoms with Gasteiger partial charge in [-0.25, -0.2) is 4.98 Å². The Bertz CT molecular complexity index is 335. The third-order valence-corrected chi connectivity index (χ3v) is 2.92. The SMILES string of the molecule is CC1CC1c1ncc(CNC(C)(C)C)[nH]1. The molecule has 0 radical (unpaired) electrons. The van der Waals surface area contributed by atoms with Crippen molar-refractivity contribution in [1.82, 2.24) is 15.3 Å². The molecule has 2 unspecified atom stereocenters. The monoisotopic (exact) mass is 207 g/mol. The lowest BCUT2D eigenvalue weighted by Gasteiger charge is -2.19. The van der Waals surface area contributed by atoms with Crippen molar-refractivity contribution in [2.24, 2.45) is 5.92 Å². The van der Waals surface area contributed by atoms with Crippen LogP contribution in [0.25, 0.3) is 0 Å². The number of nitrogens with one attached hydrogen (secondary N) is 2. The third kappa shape index (κ3) is 2.81. The fourth-order valence-corrected chi connectivity index (χ4v) is 1.72. The maximum atomic E-state index is 4.43. The van der Waals surface area contributed by atoms with Crippen molar-refractivity contribution in [3.05, 3.63) is 17.7 Å². The molecule has 1 aliphatic carbocycles. The Labute approximate surface area is 91.7 Å².